The number of anilines is 1. The third-order valence-corrected chi connectivity index (χ3v) is 2.90. The molecule has 3 aromatic rings. The smallest absolute Gasteiger partial charge is 0.404 e. The highest BCUT2D eigenvalue weighted by atomic mass is 19.4. The summed E-state index contributed by atoms with van der Waals surface area (Å²) in [6.45, 7) is 0. The molecule has 0 saturated heterocycles. The third-order valence-electron chi connectivity index (χ3n) is 2.90. The van der Waals surface area contributed by atoms with E-state index in [1.807, 2.05) is 0 Å². The van der Waals surface area contributed by atoms with Crippen molar-refractivity contribution in [2.45, 2.75) is 6.36 Å². The summed E-state index contributed by atoms with van der Waals surface area (Å²) >= 11 is 0. The van der Waals surface area contributed by atoms with Crippen LogP contribution in [0.15, 0.2) is 41.2 Å². The molecule has 0 radical (unpaired) electrons. The Kier molecular flexibility index (Phi) is 3.05. The lowest BCUT2D eigenvalue weighted by Crippen LogP contribution is -2.18. The van der Waals surface area contributed by atoms with Crippen molar-refractivity contribution in [1.29, 1.82) is 0 Å². The predicted molar refractivity (Wildman–Crippen MR) is 72.8 cm³/mol. The molecule has 0 aliphatic rings. The number of nitrogens with one attached hydrogen (secondary N) is 1. The number of benzene rings is 1. The molecule has 0 fully saturated rings. The van der Waals surface area contributed by atoms with E-state index in [4.69, 9.17) is 5.73 Å². The van der Waals surface area contributed by atoms with Crippen molar-refractivity contribution in [3.63, 3.8) is 0 Å². The zero-order valence-electron chi connectivity index (χ0n) is 10.9. The highest BCUT2D eigenvalue weighted by molar-refractivity contribution is 5.77. The van der Waals surface area contributed by atoms with Gasteiger partial charge in [-0.3, -0.25) is 9.36 Å². The van der Waals surface area contributed by atoms with Gasteiger partial charge in [-0.1, -0.05) is 12.1 Å². The molecule has 114 valence electrons. The van der Waals surface area contributed by atoms with Crippen LogP contribution in [0.4, 0.5) is 19.1 Å². The molecule has 9 heteroatoms. The number of para-hydroxylation sites is 2. The van der Waals surface area contributed by atoms with Crippen LogP contribution >= 0.6 is 0 Å². The number of nitrogen functional groups attached to an aromatic ring is 1. The Hall–Kier alpha value is -2.97. The largest absolute Gasteiger partial charge is 0.573 e. The molecule has 0 aliphatic carbocycles. The van der Waals surface area contributed by atoms with Crippen LogP contribution in [0.2, 0.25) is 0 Å². The Morgan fingerprint density at radius 1 is 1.18 bits per heavy atom. The van der Waals surface area contributed by atoms with Crippen LogP contribution in [0.25, 0.3) is 16.9 Å². The van der Waals surface area contributed by atoms with Gasteiger partial charge in [0.05, 0.1) is 5.69 Å². The average molecular weight is 310 g/mol. The van der Waals surface area contributed by atoms with Crippen LogP contribution in [0.3, 0.4) is 0 Å². The van der Waals surface area contributed by atoms with Gasteiger partial charge in [-0.05, 0) is 18.2 Å². The highest BCUT2D eigenvalue weighted by Gasteiger charge is 2.32. The first-order valence-electron chi connectivity index (χ1n) is 6.07. The van der Waals surface area contributed by atoms with Gasteiger partial charge < -0.3 is 15.5 Å². The number of nitrogens with zero attached hydrogens (tertiary/aromatic N) is 2. The zero-order chi connectivity index (χ0) is 15.9. The lowest BCUT2D eigenvalue weighted by molar-refractivity contribution is -0.274. The van der Waals surface area contributed by atoms with E-state index < -0.39 is 17.7 Å². The van der Waals surface area contributed by atoms with Gasteiger partial charge in [0.25, 0.3) is 0 Å². The number of ether oxygens (including phenoxy) is 1. The van der Waals surface area contributed by atoms with Crippen molar-refractivity contribution in [3.8, 4) is 11.4 Å². The number of aromatic nitrogens is 3. The molecular formula is C13H9F3N4O2. The summed E-state index contributed by atoms with van der Waals surface area (Å²) in [6, 6.07) is 8.11. The quantitative estimate of drug-likeness (QED) is 0.760. The van der Waals surface area contributed by atoms with Crippen molar-refractivity contribution in [2.75, 3.05) is 5.73 Å². The fourth-order valence-corrected chi connectivity index (χ4v) is 2.10. The van der Waals surface area contributed by atoms with Crippen molar-refractivity contribution in [2.24, 2.45) is 0 Å². The first-order valence-corrected chi connectivity index (χ1v) is 6.07. The summed E-state index contributed by atoms with van der Waals surface area (Å²) < 4.78 is 42.7. The Morgan fingerprint density at radius 3 is 2.64 bits per heavy atom. The maximum Gasteiger partial charge on any atom is 0.573 e. The number of fused-ring (bicyclic) bond motifs is 1. The molecule has 2 heterocycles. The summed E-state index contributed by atoms with van der Waals surface area (Å²) in [7, 11) is 0. The molecule has 0 aliphatic heterocycles. The number of pyridine rings is 1. The zero-order valence-corrected chi connectivity index (χ0v) is 10.9. The molecule has 1 aromatic carbocycles. The molecular weight excluding hydrogens is 301 g/mol. The molecule has 0 amide bonds. The maximum atomic E-state index is 12.5. The van der Waals surface area contributed by atoms with Crippen molar-refractivity contribution >= 4 is 17.1 Å². The van der Waals surface area contributed by atoms with Crippen LogP contribution in [0, 0.1) is 0 Å². The lowest BCUT2D eigenvalue weighted by Gasteiger charge is -2.14. The van der Waals surface area contributed by atoms with Gasteiger partial charge in [-0.2, -0.15) is 0 Å². The summed E-state index contributed by atoms with van der Waals surface area (Å²) in [4.78, 5) is 17.9. The minimum atomic E-state index is -4.85. The number of aromatic amines is 1. The van der Waals surface area contributed by atoms with E-state index in [1.54, 1.807) is 0 Å². The average Bonchev–Trinajstić information content (AvgIpc) is 2.73. The third kappa shape index (κ3) is 2.48. The van der Waals surface area contributed by atoms with Crippen LogP contribution in [-0.2, 0) is 0 Å². The fourth-order valence-electron chi connectivity index (χ4n) is 2.10. The topological polar surface area (TPSA) is 85.9 Å². The molecule has 0 saturated carbocycles. The van der Waals surface area contributed by atoms with Crippen LogP contribution in [-0.4, -0.2) is 20.9 Å². The standard InChI is InChI=1S/C13H9F3N4O2/c14-13(15,16)22-9-4-2-1-3-8(9)20-11-7(18-12(20)17)5-6-10(21)19-11/h1-6H,(H2,17,18)(H,19,21). The second kappa shape index (κ2) is 4.79. The Labute approximate surface area is 121 Å². The predicted octanol–water partition coefficient (Wildman–Crippen LogP) is 2.19. The number of alkyl halides is 3. The van der Waals surface area contributed by atoms with Crippen molar-refractivity contribution in [3.05, 3.63) is 46.8 Å². The summed E-state index contributed by atoms with van der Waals surface area (Å²) in [6.07, 6.45) is -4.85. The van der Waals surface area contributed by atoms with E-state index in [1.165, 1.54) is 34.9 Å². The summed E-state index contributed by atoms with van der Waals surface area (Å²) in [5.41, 5.74) is 5.88. The minimum absolute atomic E-state index is 0.0154. The number of imidazole rings is 1. The maximum absolute atomic E-state index is 12.5. The number of halogens is 3. The first kappa shape index (κ1) is 14.0. The summed E-state index contributed by atoms with van der Waals surface area (Å²) in [5, 5.41) is 0. The molecule has 0 bridgehead atoms. The normalized spacial score (nSPS) is 11.8. The van der Waals surface area contributed by atoms with Gasteiger partial charge >= 0.3 is 6.36 Å². The second-order valence-corrected chi connectivity index (χ2v) is 4.38. The van der Waals surface area contributed by atoms with Crippen molar-refractivity contribution in [1.82, 2.24) is 14.5 Å². The SMILES string of the molecule is Nc1nc2ccc(=O)[nH]c2n1-c1ccccc1OC(F)(F)F. The number of rotatable bonds is 2. The summed E-state index contributed by atoms with van der Waals surface area (Å²) in [5.74, 6) is -0.527. The molecule has 3 N–H and O–H groups in total. The minimum Gasteiger partial charge on any atom is -0.404 e. The van der Waals surface area contributed by atoms with Crippen LogP contribution in [0.1, 0.15) is 0 Å². The van der Waals surface area contributed by atoms with Crippen LogP contribution in [0.5, 0.6) is 5.75 Å². The Bertz CT molecular complexity index is 898. The molecule has 0 spiro atoms. The number of hydrogen-bond acceptors (Lipinski definition) is 4. The lowest BCUT2D eigenvalue weighted by atomic mass is 10.3. The van der Waals surface area contributed by atoms with Gasteiger partial charge in [-0.15, -0.1) is 13.2 Å². The van der Waals surface area contributed by atoms with Gasteiger partial charge in [0.1, 0.15) is 11.2 Å². The molecule has 0 unspecified atom stereocenters. The highest BCUT2D eigenvalue weighted by Crippen LogP contribution is 2.31. The van der Waals surface area contributed by atoms with Gasteiger partial charge in [-0.25, -0.2) is 4.98 Å². The molecule has 6 nitrogen and oxygen atoms in total. The molecule has 0 atom stereocenters. The van der Waals surface area contributed by atoms with Gasteiger partial charge in [0.2, 0.25) is 11.5 Å². The monoisotopic (exact) mass is 310 g/mol. The van der Waals surface area contributed by atoms with E-state index in [9.17, 15) is 18.0 Å². The van der Waals surface area contributed by atoms with Crippen LogP contribution < -0.4 is 16.0 Å². The van der Waals surface area contributed by atoms with E-state index in [0.29, 0.717) is 5.52 Å². The fraction of sp³-hybridized carbons (Fsp3) is 0.0769. The Balaban J connectivity index is 2.26. The van der Waals surface area contributed by atoms with E-state index >= 15 is 0 Å². The Morgan fingerprint density at radius 2 is 1.91 bits per heavy atom. The molecule has 22 heavy (non-hydrogen) atoms. The molecule has 2 aromatic heterocycles. The number of nitrogens with two attached hydrogens (primary N) is 1. The first-order chi connectivity index (χ1) is 10.3. The van der Waals surface area contributed by atoms with Gasteiger partial charge in [0, 0.05) is 6.07 Å². The second-order valence-electron chi connectivity index (χ2n) is 4.38. The van der Waals surface area contributed by atoms with E-state index in [0.717, 1.165) is 6.07 Å². The van der Waals surface area contributed by atoms with E-state index in [2.05, 4.69) is 14.7 Å². The van der Waals surface area contributed by atoms with E-state index in [-0.39, 0.29) is 17.3 Å². The van der Waals surface area contributed by atoms with Gasteiger partial charge in [0.15, 0.2) is 5.75 Å². The number of H-pyrrole nitrogens is 1. The number of hydrogen-bond donors (Lipinski definition) is 2. The molecule has 3 rings (SSSR count). The van der Waals surface area contributed by atoms with Crippen molar-refractivity contribution < 1.29 is 17.9 Å².